The molecule has 0 saturated carbocycles. The molecule has 0 radical (unpaired) electrons. The minimum atomic E-state index is -0.334. The van der Waals surface area contributed by atoms with Gasteiger partial charge in [-0.25, -0.2) is 0 Å². The smallest absolute Gasteiger partial charge is 0.399 e. The summed E-state index contributed by atoms with van der Waals surface area (Å²) in [6.07, 6.45) is 3.74. The molecule has 2 heterocycles. The third-order valence-electron chi connectivity index (χ3n) is 4.15. The Labute approximate surface area is 116 Å². The lowest BCUT2D eigenvalue weighted by atomic mass is 9.77. The number of hydrogen-bond acceptors (Lipinski definition) is 3. The van der Waals surface area contributed by atoms with Crippen molar-refractivity contribution in [2.75, 3.05) is 0 Å². The molecule has 0 aromatic carbocycles. The summed E-state index contributed by atoms with van der Waals surface area (Å²) >= 11 is 0. The fraction of sp³-hybridized carbons (Fsp3) is 0.667. The van der Waals surface area contributed by atoms with E-state index in [-0.39, 0.29) is 23.7 Å². The zero-order chi connectivity index (χ0) is 14.5. The molecule has 0 atom stereocenters. The van der Waals surface area contributed by atoms with E-state index in [1.54, 1.807) is 0 Å². The SMILES string of the molecule is CC(C)(C)c1cncc(B2OC(C)(C)C(C)(C)O2)c1. The number of nitrogens with zero attached hydrogens (tertiary/aromatic N) is 1. The molecule has 1 aliphatic rings. The van der Waals surface area contributed by atoms with E-state index >= 15 is 0 Å². The molecule has 0 bridgehead atoms. The maximum Gasteiger partial charge on any atom is 0.496 e. The number of rotatable bonds is 1. The second kappa shape index (κ2) is 4.32. The first kappa shape index (κ1) is 14.5. The molecule has 0 unspecified atom stereocenters. The zero-order valence-electron chi connectivity index (χ0n) is 13.1. The number of pyridine rings is 1. The topological polar surface area (TPSA) is 31.4 Å². The van der Waals surface area contributed by atoms with E-state index < -0.39 is 0 Å². The minimum Gasteiger partial charge on any atom is -0.399 e. The summed E-state index contributed by atoms with van der Waals surface area (Å²) in [6.45, 7) is 14.8. The van der Waals surface area contributed by atoms with E-state index in [0.29, 0.717) is 0 Å². The first-order valence-corrected chi connectivity index (χ1v) is 6.84. The molecule has 1 aliphatic heterocycles. The van der Waals surface area contributed by atoms with Crippen LogP contribution >= 0.6 is 0 Å². The van der Waals surface area contributed by atoms with E-state index in [9.17, 15) is 0 Å². The van der Waals surface area contributed by atoms with Gasteiger partial charge in [-0.3, -0.25) is 4.98 Å². The van der Waals surface area contributed by atoms with Gasteiger partial charge in [-0.15, -0.1) is 0 Å². The summed E-state index contributed by atoms with van der Waals surface area (Å²) in [5, 5.41) is 0. The Bertz CT molecular complexity index is 461. The molecular weight excluding hydrogens is 237 g/mol. The Morgan fingerprint density at radius 3 is 2.00 bits per heavy atom. The average molecular weight is 261 g/mol. The van der Waals surface area contributed by atoms with Crippen LogP contribution in [0.2, 0.25) is 0 Å². The summed E-state index contributed by atoms with van der Waals surface area (Å²) < 4.78 is 12.1. The van der Waals surface area contributed by atoms with Crippen molar-refractivity contribution in [3.8, 4) is 0 Å². The van der Waals surface area contributed by atoms with Gasteiger partial charge in [0.1, 0.15) is 0 Å². The fourth-order valence-corrected chi connectivity index (χ4v) is 1.98. The van der Waals surface area contributed by atoms with Crippen LogP contribution < -0.4 is 5.46 Å². The molecule has 104 valence electrons. The standard InChI is InChI=1S/C15H24BNO2/c1-13(2,3)11-8-12(10-17-9-11)16-18-14(4,5)15(6,7)19-16/h8-10H,1-7H3. The monoisotopic (exact) mass is 261 g/mol. The van der Waals surface area contributed by atoms with Gasteiger partial charge in [0.2, 0.25) is 0 Å². The van der Waals surface area contributed by atoms with Crippen molar-refractivity contribution < 1.29 is 9.31 Å². The van der Waals surface area contributed by atoms with Gasteiger partial charge >= 0.3 is 7.12 Å². The van der Waals surface area contributed by atoms with Gasteiger partial charge in [-0.2, -0.15) is 0 Å². The molecule has 3 nitrogen and oxygen atoms in total. The summed E-state index contributed by atoms with van der Waals surface area (Å²) in [4.78, 5) is 4.33. The summed E-state index contributed by atoms with van der Waals surface area (Å²) in [6, 6.07) is 2.13. The lowest BCUT2D eigenvalue weighted by Crippen LogP contribution is -2.41. The third kappa shape index (κ3) is 2.70. The molecule has 1 aromatic rings. The van der Waals surface area contributed by atoms with E-state index in [1.807, 2.05) is 12.4 Å². The molecular formula is C15H24BNO2. The van der Waals surface area contributed by atoms with Crippen molar-refractivity contribution in [3.63, 3.8) is 0 Å². The van der Waals surface area contributed by atoms with Crippen molar-refractivity contribution in [2.24, 2.45) is 0 Å². The Balaban J connectivity index is 2.30. The Morgan fingerprint density at radius 1 is 1.00 bits per heavy atom. The van der Waals surface area contributed by atoms with Crippen LogP contribution in [0.5, 0.6) is 0 Å². The summed E-state index contributed by atoms with van der Waals surface area (Å²) in [5.41, 5.74) is 1.64. The van der Waals surface area contributed by atoms with Crippen LogP contribution in [0.15, 0.2) is 18.5 Å². The largest absolute Gasteiger partial charge is 0.496 e. The highest BCUT2D eigenvalue weighted by Crippen LogP contribution is 2.36. The average Bonchev–Trinajstić information content (AvgIpc) is 2.47. The predicted molar refractivity (Wildman–Crippen MR) is 78.7 cm³/mol. The first-order chi connectivity index (χ1) is 8.53. The lowest BCUT2D eigenvalue weighted by molar-refractivity contribution is 0.00578. The normalized spacial score (nSPS) is 21.7. The molecule has 1 fully saturated rings. The van der Waals surface area contributed by atoms with Crippen molar-refractivity contribution in [1.82, 2.24) is 4.98 Å². The van der Waals surface area contributed by atoms with Gasteiger partial charge in [0.15, 0.2) is 0 Å². The van der Waals surface area contributed by atoms with Crippen LogP contribution in [-0.4, -0.2) is 23.3 Å². The van der Waals surface area contributed by atoms with E-state index in [2.05, 4.69) is 59.5 Å². The maximum atomic E-state index is 6.06. The molecule has 0 amide bonds. The zero-order valence-corrected chi connectivity index (χ0v) is 13.1. The Kier molecular flexibility index (Phi) is 3.31. The van der Waals surface area contributed by atoms with Crippen LogP contribution in [0.3, 0.4) is 0 Å². The van der Waals surface area contributed by atoms with Gasteiger partial charge < -0.3 is 9.31 Å². The number of aromatic nitrogens is 1. The highest BCUT2D eigenvalue weighted by Gasteiger charge is 2.51. The molecule has 1 saturated heterocycles. The van der Waals surface area contributed by atoms with Crippen LogP contribution in [0, 0.1) is 0 Å². The highest BCUT2D eigenvalue weighted by atomic mass is 16.7. The molecule has 0 aliphatic carbocycles. The highest BCUT2D eigenvalue weighted by molar-refractivity contribution is 6.62. The van der Waals surface area contributed by atoms with Crippen LogP contribution in [-0.2, 0) is 14.7 Å². The minimum absolute atomic E-state index is 0.0760. The second-order valence-corrected chi connectivity index (χ2v) is 7.35. The van der Waals surface area contributed by atoms with Crippen LogP contribution in [0.4, 0.5) is 0 Å². The molecule has 2 rings (SSSR count). The molecule has 4 heteroatoms. The van der Waals surface area contributed by atoms with Gasteiger partial charge in [-0.05, 0) is 38.7 Å². The quantitative estimate of drug-likeness (QED) is 0.728. The fourth-order valence-electron chi connectivity index (χ4n) is 1.98. The van der Waals surface area contributed by atoms with Crippen LogP contribution in [0.25, 0.3) is 0 Å². The lowest BCUT2D eigenvalue weighted by Gasteiger charge is -2.32. The van der Waals surface area contributed by atoms with E-state index in [4.69, 9.17) is 9.31 Å². The second-order valence-electron chi connectivity index (χ2n) is 7.35. The van der Waals surface area contributed by atoms with Crippen LogP contribution in [0.1, 0.15) is 54.0 Å². The van der Waals surface area contributed by atoms with Gasteiger partial charge in [0.25, 0.3) is 0 Å². The molecule has 0 N–H and O–H groups in total. The molecule has 0 spiro atoms. The molecule has 1 aromatic heterocycles. The maximum absolute atomic E-state index is 6.06. The van der Waals surface area contributed by atoms with E-state index in [1.165, 1.54) is 5.56 Å². The van der Waals surface area contributed by atoms with Gasteiger partial charge in [0, 0.05) is 17.9 Å². The summed E-state index contributed by atoms with van der Waals surface area (Å²) in [5.74, 6) is 0. The van der Waals surface area contributed by atoms with E-state index in [0.717, 1.165) is 5.46 Å². The summed E-state index contributed by atoms with van der Waals surface area (Å²) in [7, 11) is -0.334. The van der Waals surface area contributed by atoms with Gasteiger partial charge in [0.05, 0.1) is 11.2 Å². The first-order valence-electron chi connectivity index (χ1n) is 6.84. The predicted octanol–water partition coefficient (Wildman–Crippen LogP) is 2.68. The van der Waals surface area contributed by atoms with Crippen molar-refractivity contribution in [2.45, 2.75) is 65.1 Å². The Morgan fingerprint density at radius 2 is 1.53 bits per heavy atom. The molecule has 19 heavy (non-hydrogen) atoms. The van der Waals surface area contributed by atoms with Gasteiger partial charge in [-0.1, -0.05) is 26.8 Å². The van der Waals surface area contributed by atoms with Crippen molar-refractivity contribution in [1.29, 1.82) is 0 Å². The van der Waals surface area contributed by atoms with Crippen molar-refractivity contribution in [3.05, 3.63) is 24.0 Å². The Hall–Kier alpha value is -0.865. The number of hydrogen-bond donors (Lipinski definition) is 0. The third-order valence-corrected chi connectivity index (χ3v) is 4.15. The van der Waals surface area contributed by atoms with Crippen molar-refractivity contribution >= 4 is 12.6 Å².